The molecule has 146 valence electrons. The predicted molar refractivity (Wildman–Crippen MR) is 123 cm³/mol. The van der Waals surface area contributed by atoms with E-state index >= 15 is 0 Å². The number of benzene rings is 1. The van der Waals surface area contributed by atoms with Crippen LogP contribution in [0.1, 0.15) is 47.7 Å². The molecule has 0 saturated carbocycles. The monoisotopic (exact) mass is 506 g/mol. The molecule has 0 radical (unpaired) electrons. The van der Waals surface area contributed by atoms with Crippen LogP contribution < -0.4 is 9.47 Å². The van der Waals surface area contributed by atoms with Gasteiger partial charge in [0, 0.05) is 0 Å². The van der Waals surface area contributed by atoms with Crippen molar-refractivity contribution < 1.29 is 9.47 Å². The van der Waals surface area contributed by atoms with Crippen molar-refractivity contribution in [2.24, 2.45) is 0 Å². The van der Waals surface area contributed by atoms with Crippen LogP contribution in [0.2, 0.25) is 0 Å². The third-order valence-electron chi connectivity index (χ3n) is 3.81. The standard InChI is InChI=1S/C24H26O2Se2/c1-17(2)25-23-15-20(10-12-22-8-6-14-28-22)24(26-18(3)4)16-19(23)9-11-21-7-5-13-27-21/h5-18H,1-4H3/b11-9+,12-10+. The van der Waals surface area contributed by atoms with Gasteiger partial charge in [-0.15, -0.1) is 0 Å². The summed E-state index contributed by atoms with van der Waals surface area (Å²) in [6.07, 6.45) is 8.89. The Bertz CT molecular complexity index is 840. The molecule has 0 aliphatic heterocycles. The van der Waals surface area contributed by atoms with Gasteiger partial charge in [-0.3, -0.25) is 0 Å². The molecule has 3 rings (SSSR count). The molecular weight excluding hydrogens is 478 g/mol. The molecule has 4 heteroatoms. The van der Waals surface area contributed by atoms with Crippen LogP contribution in [0.3, 0.4) is 0 Å². The first-order valence-electron chi connectivity index (χ1n) is 9.46. The minimum absolute atomic E-state index is 0.113. The summed E-state index contributed by atoms with van der Waals surface area (Å²) in [7, 11) is 0. The summed E-state index contributed by atoms with van der Waals surface area (Å²) in [6.45, 7) is 8.24. The summed E-state index contributed by atoms with van der Waals surface area (Å²) < 4.78 is 15.0. The summed E-state index contributed by atoms with van der Waals surface area (Å²) >= 11 is 0.862. The van der Waals surface area contributed by atoms with E-state index in [4.69, 9.17) is 9.47 Å². The van der Waals surface area contributed by atoms with E-state index in [-0.39, 0.29) is 12.2 Å². The predicted octanol–water partition coefficient (Wildman–Crippen LogP) is 5.72. The molecule has 2 heterocycles. The summed E-state index contributed by atoms with van der Waals surface area (Å²) in [4.78, 5) is 4.46. The van der Waals surface area contributed by atoms with E-state index in [1.807, 2.05) is 0 Å². The fraction of sp³-hybridized carbons (Fsp3) is 0.250. The van der Waals surface area contributed by atoms with Gasteiger partial charge in [0.05, 0.1) is 0 Å². The van der Waals surface area contributed by atoms with Gasteiger partial charge >= 0.3 is 180 Å². The Balaban J connectivity index is 2.02. The van der Waals surface area contributed by atoms with E-state index in [1.165, 1.54) is 8.87 Å². The van der Waals surface area contributed by atoms with Crippen molar-refractivity contribution >= 4 is 53.3 Å². The molecule has 0 N–H and O–H groups in total. The third-order valence-corrected chi connectivity index (χ3v) is 7.32. The SMILES string of the molecule is CC(C)Oc1cc(/C=C/c2ccc[se]2)c(OC(C)C)cc1/C=C/c1ccc[se]1. The average Bonchev–Trinajstić information content (AvgIpc) is 3.33. The van der Waals surface area contributed by atoms with Crippen molar-refractivity contribution in [2.45, 2.75) is 39.9 Å². The summed E-state index contributed by atoms with van der Waals surface area (Å²) in [5.74, 6) is 1.79. The Morgan fingerprint density at radius 2 is 1.11 bits per heavy atom. The van der Waals surface area contributed by atoms with E-state index < -0.39 is 0 Å². The maximum absolute atomic E-state index is 6.14. The topological polar surface area (TPSA) is 18.5 Å². The van der Waals surface area contributed by atoms with Crippen molar-refractivity contribution in [1.29, 1.82) is 0 Å². The molecule has 0 fully saturated rings. The van der Waals surface area contributed by atoms with Gasteiger partial charge in [0.25, 0.3) is 0 Å². The second-order valence-electron chi connectivity index (χ2n) is 6.96. The Morgan fingerprint density at radius 1 is 0.679 bits per heavy atom. The normalized spacial score (nSPS) is 11.9. The molecule has 0 unspecified atom stereocenters. The third kappa shape index (κ3) is 6.15. The van der Waals surface area contributed by atoms with Crippen molar-refractivity contribution in [2.75, 3.05) is 0 Å². The minimum atomic E-state index is 0.113. The molecule has 3 aromatic rings. The van der Waals surface area contributed by atoms with Crippen LogP contribution in [0, 0.1) is 0 Å². The average molecular weight is 504 g/mol. The number of hydrogen-bond acceptors (Lipinski definition) is 2. The van der Waals surface area contributed by atoms with Gasteiger partial charge in [-0.05, 0) is 0 Å². The molecule has 0 amide bonds. The molecule has 0 aliphatic carbocycles. The summed E-state index contributed by atoms with van der Waals surface area (Å²) in [5.41, 5.74) is 2.10. The molecule has 0 bridgehead atoms. The first-order chi connectivity index (χ1) is 13.5. The van der Waals surface area contributed by atoms with E-state index in [0.29, 0.717) is 29.0 Å². The van der Waals surface area contributed by atoms with E-state index in [1.54, 1.807) is 0 Å². The zero-order valence-corrected chi connectivity index (χ0v) is 20.1. The molecule has 0 atom stereocenters. The van der Waals surface area contributed by atoms with Gasteiger partial charge in [-0.1, -0.05) is 0 Å². The van der Waals surface area contributed by atoms with Crippen LogP contribution in [-0.4, -0.2) is 41.2 Å². The number of ether oxygens (including phenoxy) is 2. The van der Waals surface area contributed by atoms with Gasteiger partial charge in [0.1, 0.15) is 0 Å². The van der Waals surface area contributed by atoms with E-state index in [2.05, 4.69) is 98.3 Å². The first kappa shape index (κ1) is 21.0. The van der Waals surface area contributed by atoms with E-state index in [0.717, 1.165) is 22.6 Å². The Labute approximate surface area is 180 Å². The van der Waals surface area contributed by atoms with Crippen LogP contribution >= 0.6 is 0 Å². The zero-order chi connectivity index (χ0) is 19.9. The molecule has 28 heavy (non-hydrogen) atoms. The summed E-state index contributed by atoms with van der Waals surface area (Å²) in [6, 6.07) is 12.8. The zero-order valence-electron chi connectivity index (χ0n) is 16.7. The maximum atomic E-state index is 6.14. The van der Waals surface area contributed by atoms with Gasteiger partial charge in [0.2, 0.25) is 0 Å². The fourth-order valence-corrected chi connectivity index (χ4v) is 5.27. The van der Waals surface area contributed by atoms with Crippen molar-refractivity contribution in [3.05, 3.63) is 66.3 Å². The van der Waals surface area contributed by atoms with Crippen LogP contribution in [-0.2, 0) is 0 Å². The molecule has 0 saturated heterocycles. The second-order valence-corrected chi connectivity index (χ2v) is 11.1. The van der Waals surface area contributed by atoms with Gasteiger partial charge in [-0.25, -0.2) is 0 Å². The quantitative estimate of drug-likeness (QED) is 0.366. The molecule has 0 spiro atoms. The van der Waals surface area contributed by atoms with Crippen molar-refractivity contribution in [3.8, 4) is 11.5 Å². The first-order valence-corrected chi connectivity index (χ1v) is 13.1. The van der Waals surface area contributed by atoms with Crippen molar-refractivity contribution in [3.63, 3.8) is 0 Å². The van der Waals surface area contributed by atoms with Crippen LogP contribution in [0.25, 0.3) is 24.3 Å². The van der Waals surface area contributed by atoms with Crippen LogP contribution in [0.4, 0.5) is 0 Å². The second kappa shape index (κ2) is 10.2. The van der Waals surface area contributed by atoms with Gasteiger partial charge < -0.3 is 0 Å². The number of rotatable bonds is 8. The van der Waals surface area contributed by atoms with Crippen molar-refractivity contribution in [1.82, 2.24) is 0 Å². The van der Waals surface area contributed by atoms with Gasteiger partial charge in [-0.2, -0.15) is 0 Å². The fourth-order valence-electron chi connectivity index (χ4n) is 2.68. The van der Waals surface area contributed by atoms with E-state index in [9.17, 15) is 0 Å². The van der Waals surface area contributed by atoms with Crippen LogP contribution in [0.5, 0.6) is 11.5 Å². The van der Waals surface area contributed by atoms with Gasteiger partial charge in [0.15, 0.2) is 0 Å². The molecule has 0 aliphatic rings. The molecule has 2 aromatic heterocycles. The Hall–Kier alpha value is -1.70. The Kier molecular flexibility index (Phi) is 7.64. The summed E-state index contributed by atoms with van der Waals surface area (Å²) in [5, 5.41) is 0. The molecule has 1 aromatic carbocycles. The van der Waals surface area contributed by atoms with Crippen LogP contribution in [0.15, 0.2) is 46.3 Å². The number of hydrogen-bond donors (Lipinski definition) is 0. The molecule has 2 nitrogen and oxygen atoms in total. The molecular formula is C24H26O2Se2. The Morgan fingerprint density at radius 3 is 1.43 bits per heavy atom.